The van der Waals surface area contributed by atoms with Crippen molar-refractivity contribution in [1.29, 1.82) is 0 Å². The maximum absolute atomic E-state index is 12.8. The number of carbonyl (C=O) groups excluding carboxylic acids is 1. The van der Waals surface area contributed by atoms with Crippen LogP contribution in [-0.2, 0) is 12.0 Å². The molecule has 1 N–H and O–H groups in total. The summed E-state index contributed by atoms with van der Waals surface area (Å²) in [6.07, 6.45) is 0. The first kappa shape index (κ1) is 22.4. The highest BCUT2D eigenvalue weighted by molar-refractivity contribution is 5.94. The molecule has 0 aliphatic rings. The van der Waals surface area contributed by atoms with Gasteiger partial charge in [0.1, 0.15) is 18.1 Å². The summed E-state index contributed by atoms with van der Waals surface area (Å²) in [7, 11) is 1.62. The molecule has 0 spiro atoms. The third-order valence-corrected chi connectivity index (χ3v) is 5.30. The van der Waals surface area contributed by atoms with Crippen LogP contribution in [-0.4, -0.2) is 13.0 Å². The van der Waals surface area contributed by atoms with Crippen LogP contribution in [0.25, 0.3) is 0 Å². The van der Waals surface area contributed by atoms with Crippen LogP contribution in [0.4, 0.5) is 0 Å². The van der Waals surface area contributed by atoms with Gasteiger partial charge in [-0.3, -0.25) is 4.79 Å². The van der Waals surface area contributed by atoms with Crippen LogP contribution in [0, 0.1) is 0 Å². The van der Waals surface area contributed by atoms with Crippen LogP contribution in [0.1, 0.15) is 60.8 Å². The zero-order chi connectivity index (χ0) is 22.4. The zero-order valence-corrected chi connectivity index (χ0v) is 18.9. The highest BCUT2D eigenvalue weighted by Gasteiger charge is 2.15. The number of hydrogen-bond acceptors (Lipinski definition) is 3. The molecule has 3 aromatic carbocycles. The molecule has 4 nitrogen and oxygen atoms in total. The van der Waals surface area contributed by atoms with Crippen LogP contribution in [0.3, 0.4) is 0 Å². The first-order valence-corrected chi connectivity index (χ1v) is 10.5. The van der Waals surface area contributed by atoms with E-state index in [0.29, 0.717) is 17.9 Å². The summed E-state index contributed by atoms with van der Waals surface area (Å²) in [5.74, 6) is 1.34. The van der Waals surface area contributed by atoms with E-state index in [1.165, 1.54) is 5.56 Å². The number of ether oxygens (including phenoxy) is 2. The van der Waals surface area contributed by atoms with E-state index >= 15 is 0 Å². The maximum atomic E-state index is 12.8. The van der Waals surface area contributed by atoms with E-state index in [9.17, 15) is 4.79 Å². The lowest BCUT2D eigenvalue weighted by Gasteiger charge is -2.19. The van der Waals surface area contributed by atoms with Crippen molar-refractivity contribution in [3.8, 4) is 11.5 Å². The number of nitrogens with one attached hydrogen (secondary N) is 1. The normalized spacial score (nSPS) is 12.2. The summed E-state index contributed by atoms with van der Waals surface area (Å²) in [4.78, 5) is 12.8. The molecule has 0 aliphatic carbocycles. The number of amides is 1. The lowest BCUT2D eigenvalue weighted by atomic mass is 9.87. The summed E-state index contributed by atoms with van der Waals surface area (Å²) < 4.78 is 11.4. The molecule has 0 bridgehead atoms. The van der Waals surface area contributed by atoms with Gasteiger partial charge >= 0.3 is 0 Å². The third-order valence-electron chi connectivity index (χ3n) is 5.30. The van der Waals surface area contributed by atoms with Gasteiger partial charge < -0.3 is 14.8 Å². The predicted molar refractivity (Wildman–Crippen MR) is 125 cm³/mol. The van der Waals surface area contributed by atoms with Crippen molar-refractivity contribution >= 4 is 5.91 Å². The largest absolute Gasteiger partial charge is 0.496 e. The van der Waals surface area contributed by atoms with E-state index in [4.69, 9.17) is 9.47 Å². The predicted octanol–water partition coefficient (Wildman–Crippen LogP) is 6.06. The van der Waals surface area contributed by atoms with Crippen molar-refractivity contribution in [2.75, 3.05) is 7.11 Å². The smallest absolute Gasteiger partial charge is 0.251 e. The second-order valence-electron chi connectivity index (χ2n) is 8.70. The molecule has 0 aromatic heterocycles. The molecule has 0 radical (unpaired) electrons. The van der Waals surface area contributed by atoms with Crippen molar-refractivity contribution in [2.24, 2.45) is 0 Å². The van der Waals surface area contributed by atoms with Crippen molar-refractivity contribution in [3.05, 3.63) is 95.1 Å². The molecular formula is C27H31NO3. The monoisotopic (exact) mass is 417 g/mol. The number of carbonyl (C=O) groups is 1. The fourth-order valence-electron chi connectivity index (χ4n) is 3.35. The Labute approximate surface area is 185 Å². The van der Waals surface area contributed by atoms with Gasteiger partial charge in [-0.2, -0.15) is 0 Å². The van der Waals surface area contributed by atoms with Crippen LogP contribution < -0.4 is 14.8 Å². The Balaban J connectivity index is 1.70. The summed E-state index contributed by atoms with van der Waals surface area (Å²) in [6.45, 7) is 8.84. The van der Waals surface area contributed by atoms with Gasteiger partial charge in [-0.05, 0) is 53.8 Å². The Morgan fingerprint density at radius 1 is 0.968 bits per heavy atom. The first-order valence-electron chi connectivity index (χ1n) is 10.5. The van der Waals surface area contributed by atoms with Crippen LogP contribution in [0.5, 0.6) is 11.5 Å². The van der Waals surface area contributed by atoms with Crippen LogP contribution in [0.2, 0.25) is 0 Å². The van der Waals surface area contributed by atoms with Gasteiger partial charge in [0.25, 0.3) is 5.91 Å². The van der Waals surface area contributed by atoms with Crippen molar-refractivity contribution in [1.82, 2.24) is 5.32 Å². The molecular weight excluding hydrogens is 386 g/mol. The summed E-state index contributed by atoms with van der Waals surface area (Å²) in [6, 6.07) is 23.4. The third kappa shape index (κ3) is 5.88. The first-order chi connectivity index (χ1) is 14.8. The fraction of sp³-hybridized carbons (Fsp3) is 0.296. The highest BCUT2D eigenvalue weighted by atomic mass is 16.5. The van der Waals surface area contributed by atoms with Gasteiger partial charge in [-0.1, -0.05) is 63.2 Å². The number of rotatable bonds is 7. The Morgan fingerprint density at radius 3 is 2.26 bits per heavy atom. The summed E-state index contributed by atoms with van der Waals surface area (Å²) in [5.41, 5.74) is 3.81. The molecule has 0 aliphatic heterocycles. The molecule has 0 fully saturated rings. The molecule has 0 saturated heterocycles. The Kier molecular flexibility index (Phi) is 7.01. The van der Waals surface area contributed by atoms with Gasteiger partial charge in [0.05, 0.1) is 13.2 Å². The lowest BCUT2D eigenvalue weighted by Crippen LogP contribution is -2.26. The Morgan fingerprint density at radius 2 is 1.65 bits per heavy atom. The van der Waals surface area contributed by atoms with Gasteiger partial charge in [0, 0.05) is 11.1 Å². The van der Waals surface area contributed by atoms with Crippen LogP contribution in [0.15, 0.2) is 72.8 Å². The number of benzene rings is 3. The van der Waals surface area contributed by atoms with Crippen LogP contribution >= 0.6 is 0 Å². The maximum Gasteiger partial charge on any atom is 0.251 e. The summed E-state index contributed by atoms with van der Waals surface area (Å²) >= 11 is 0. The molecule has 1 amide bonds. The molecule has 1 atom stereocenters. The molecule has 0 saturated carbocycles. The molecule has 0 unspecified atom stereocenters. The minimum absolute atomic E-state index is 0.0863. The molecule has 162 valence electrons. The Bertz CT molecular complexity index is 1000. The fourth-order valence-corrected chi connectivity index (χ4v) is 3.35. The minimum Gasteiger partial charge on any atom is -0.496 e. The van der Waals surface area contributed by atoms with E-state index in [1.807, 2.05) is 61.5 Å². The van der Waals surface area contributed by atoms with Gasteiger partial charge in [0.15, 0.2) is 0 Å². The molecule has 31 heavy (non-hydrogen) atoms. The van der Waals surface area contributed by atoms with Gasteiger partial charge in [0.2, 0.25) is 0 Å². The average Bonchev–Trinajstić information content (AvgIpc) is 2.77. The minimum atomic E-state index is -0.130. The molecule has 0 heterocycles. The Hall–Kier alpha value is -3.27. The lowest BCUT2D eigenvalue weighted by molar-refractivity contribution is 0.0939. The number of hydrogen-bond donors (Lipinski definition) is 1. The number of methoxy groups -OCH3 is 1. The topological polar surface area (TPSA) is 47.6 Å². The molecule has 3 aromatic rings. The zero-order valence-electron chi connectivity index (χ0n) is 18.9. The van der Waals surface area contributed by atoms with Gasteiger partial charge in [-0.25, -0.2) is 0 Å². The van der Waals surface area contributed by atoms with Gasteiger partial charge in [-0.15, -0.1) is 0 Å². The van der Waals surface area contributed by atoms with E-state index in [1.54, 1.807) is 13.2 Å². The standard InChI is InChI=1S/C27H31NO3/c1-19(20-9-7-6-8-10-20)28-26(29)21-11-16-25(30-5)22(17-21)18-31-24-14-12-23(13-15-24)27(2,3)4/h6-17,19H,18H2,1-5H3,(H,28,29)/t19-/m1/s1. The van der Waals surface area contributed by atoms with Crippen molar-refractivity contribution in [3.63, 3.8) is 0 Å². The van der Waals surface area contributed by atoms with E-state index in [-0.39, 0.29) is 17.4 Å². The summed E-state index contributed by atoms with van der Waals surface area (Å²) in [5, 5.41) is 3.05. The van der Waals surface area contributed by atoms with Crippen molar-refractivity contribution < 1.29 is 14.3 Å². The van der Waals surface area contributed by atoms with E-state index < -0.39 is 0 Å². The average molecular weight is 418 g/mol. The molecule has 3 rings (SSSR count). The SMILES string of the molecule is COc1ccc(C(=O)N[C@H](C)c2ccccc2)cc1COc1ccc(C(C)(C)C)cc1. The molecule has 4 heteroatoms. The second kappa shape index (κ2) is 9.69. The van der Waals surface area contributed by atoms with Crippen molar-refractivity contribution in [2.45, 2.75) is 45.8 Å². The van der Waals surface area contributed by atoms with E-state index in [0.717, 1.165) is 16.9 Å². The second-order valence-corrected chi connectivity index (χ2v) is 8.70. The quantitative estimate of drug-likeness (QED) is 0.508. The highest BCUT2D eigenvalue weighted by Crippen LogP contribution is 2.26. The van der Waals surface area contributed by atoms with E-state index in [2.05, 4.69) is 38.2 Å².